The van der Waals surface area contributed by atoms with Crippen LogP contribution in [0, 0.1) is 12.0 Å². The van der Waals surface area contributed by atoms with E-state index in [2.05, 4.69) is 164 Å². The first-order valence-electron chi connectivity index (χ1n) is 26.5. The monoisotopic (exact) mass is 1140 g/mol. The summed E-state index contributed by atoms with van der Waals surface area (Å²) in [5.41, 5.74) is 17.0. The second-order valence-electron chi connectivity index (χ2n) is 19.8. The number of hydrogen-bond acceptors (Lipinski definition) is 3. The van der Waals surface area contributed by atoms with E-state index in [0.29, 0.717) is 22.5 Å². The second kappa shape index (κ2) is 20.9. The number of hydrogen-bond donors (Lipinski definition) is 1. The maximum absolute atomic E-state index is 12.4. The van der Waals surface area contributed by atoms with Crippen LogP contribution in [-0.4, -0.2) is 19.6 Å². The summed E-state index contributed by atoms with van der Waals surface area (Å²) < 4.78 is 21.2. The second-order valence-corrected chi connectivity index (χ2v) is 19.8. The Hall–Kier alpha value is -7.91. The van der Waals surface area contributed by atoms with Crippen LogP contribution in [0.3, 0.4) is 0 Å². The van der Waals surface area contributed by atoms with Crippen molar-refractivity contribution in [3.63, 3.8) is 0 Å². The number of phenolic OH excluding ortho intramolecular Hbond substituents is 1. The topological polar surface area (TPSA) is 50.9 Å². The number of phenols is 1. The van der Waals surface area contributed by atoms with Gasteiger partial charge >= 0.3 is 0 Å². The number of imidazole rings is 1. The molecule has 0 radical (unpaired) electrons. The van der Waals surface area contributed by atoms with Gasteiger partial charge in [0, 0.05) is 52.2 Å². The predicted octanol–water partition coefficient (Wildman–Crippen LogP) is 17.7. The maximum atomic E-state index is 12.4. The molecular formula is C69H56N3OPt-. The smallest absolute Gasteiger partial charge is 0.148 e. The van der Waals surface area contributed by atoms with Crippen molar-refractivity contribution in [2.45, 2.75) is 51.3 Å². The van der Waals surface area contributed by atoms with Gasteiger partial charge in [0.25, 0.3) is 0 Å². The number of benzene rings is 9. The fraction of sp³-hybridized carbons (Fsp3) is 0.130. The summed E-state index contributed by atoms with van der Waals surface area (Å²) in [4.78, 5) is 10.6. The summed E-state index contributed by atoms with van der Waals surface area (Å²) in [5.74, 6) is 0.632. The van der Waals surface area contributed by atoms with Gasteiger partial charge in [-0.3, -0.25) is 9.55 Å². The molecule has 12 rings (SSSR count). The van der Waals surface area contributed by atoms with Crippen LogP contribution in [0.2, 0.25) is 0 Å². The zero-order valence-corrected chi connectivity index (χ0v) is 43.7. The first kappa shape index (κ1) is 45.9. The standard InChI is InChI=1S/C69H56N3O.Pt/c1-69(2,57-27-13-6-14-28-57)58-36-34-50(35-37-58)53-39-40-70-63(46-53)56-44-54(49-21-7-3-8-22-49)43-55(45-56)59-29-18-32-65-66(59)71-68(61-31-17-30-60(67(61)73)51-23-9-4-10-24-51)72(65)64-38-33-48(41-47-19-15-16-20-47)42-62(64)52-25-11-5-12-26-52;/h3-14,17-18,21-40,42-44,46-47,73H,15-16,19-20,41H2,1-2H3;/q-1;/i41D2;. The van der Waals surface area contributed by atoms with E-state index in [1.54, 1.807) is 0 Å². The van der Waals surface area contributed by atoms with E-state index in [9.17, 15) is 7.85 Å². The molecule has 11 aromatic rings. The Labute approximate surface area is 452 Å². The molecular weight excluding hydrogens is 1080 g/mol. The van der Waals surface area contributed by atoms with Crippen molar-refractivity contribution in [2.75, 3.05) is 0 Å². The van der Waals surface area contributed by atoms with Gasteiger partial charge in [-0.05, 0) is 87.1 Å². The third kappa shape index (κ3) is 9.47. The van der Waals surface area contributed by atoms with Crippen LogP contribution in [-0.2, 0) is 32.9 Å². The number of aromatic nitrogens is 3. The fourth-order valence-corrected chi connectivity index (χ4v) is 10.8. The Morgan fingerprint density at radius 2 is 1.12 bits per heavy atom. The van der Waals surface area contributed by atoms with Crippen LogP contribution in [0.4, 0.5) is 0 Å². The molecule has 74 heavy (non-hydrogen) atoms. The first-order valence-corrected chi connectivity index (χ1v) is 25.5. The van der Waals surface area contributed by atoms with E-state index < -0.39 is 6.37 Å². The molecule has 0 atom stereocenters. The molecule has 364 valence electrons. The molecule has 0 bridgehead atoms. The van der Waals surface area contributed by atoms with Crippen molar-refractivity contribution in [1.29, 1.82) is 0 Å². The molecule has 1 aliphatic rings. The minimum atomic E-state index is -1.51. The van der Waals surface area contributed by atoms with Gasteiger partial charge in [-0.15, -0.1) is 23.8 Å². The Bertz CT molecular complexity index is 3830. The molecule has 1 aliphatic carbocycles. The quantitative estimate of drug-likeness (QED) is 0.124. The number of nitrogens with zero attached hydrogens (tertiary/aromatic N) is 3. The van der Waals surface area contributed by atoms with Crippen molar-refractivity contribution in [3.05, 3.63) is 253 Å². The summed E-state index contributed by atoms with van der Waals surface area (Å²) in [7, 11) is 0. The summed E-state index contributed by atoms with van der Waals surface area (Å²) in [6.07, 6.45) is 4.22. The molecule has 0 unspecified atom stereocenters. The number of aromatic hydroxyl groups is 1. The molecule has 1 saturated carbocycles. The number of pyridine rings is 1. The summed E-state index contributed by atoms with van der Waals surface area (Å²) in [6, 6.07) is 80.7. The SMILES string of the molecule is [2H]C([2H])(c1ccc(-n2c(-c3cccc(-c4ccccc4)c3O)nc3c(-c4[c-]c(-c5cc(-c6ccc(C(C)(C)c7ccccc7)cc6)ccn5)cc(-c5ccccc5)c4)cccc32)c(-c2ccccc2)c1)C1CCCC1.[Pt]. The van der Waals surface area contributed by atoms with Crippen LogP contribution >= 0.6 is 0 Å². The minimum absolute atomic E-state index is 0. The molecule has 1 N–H and O–H groups in total. The molecule has 4 nitrogen and oxygen atoms in total. The normalized spacial score (nSPS) is 13.3. The van der Waals surface area contributed by atoms with Crippen LogP contribution in [0.25, 0.3) is 95.0 Å². The van der Waals surface area contributed by atoms with Gasteiger partial charge in [-0.1, -0.05) is 238 Å². The van der Waals surface area contributed by atoms with Crippen molar-refractivity contribution >= 4 is 11.0 Å². The third-order valence-corrected chi connectivity index (χ3v) is 14.8. The summed E-state index contributed by atoms with van der Waals surface area (Å²) in [6.45, 7) is 4.54. The molecule has 1 fully saturated rings. The predicted molar refractivity (Wildman–Crippen MR) is 302 cm³/mol. The summed E-state index contributed by atoms with van der Waals surface area (Å²) in [5, 5.41) is 12.4. The van der Waals surface area contributed by atoms with Gasteiger partial charge in [-0.2, -0.15) is 0 Å². The van der Waals surface area contributed by atoms with Gasteiger partial charge < -0.3 is 5.11 Å². The van der Waals surface area contributed by atoms with Gasteiger partial charge in [0.2, 0.25) is 0 Å². The Morgan fingerprint density at radius 3 is 1.82 bits per heavy atom. The van der Waals surface area contributed by atoms with E-state index in [4.69, 9.17) is 9.97 Å². The van der Waals surface area contributed by atoms with Crippen LogP contribution in [0.1, 0.15) is 59.0 Å². The van der Waals surface area contributed by atoms with E-state index >= 15 is 0 Å². The van der Waals surface area contributed by atoms with E-state index in [0.717, 1.165) is 104 Å². The molecule has 2 heterocycles. The average Bonchev–Trinajstić information content (AvgIpc) is 4.26. The van der Waals surface area contributed by atoms with Crippen LogP contribution in [0.15, 0.2) is 231 Å². The van der Waals surface area contributed by atoms with Crippen molar-refractivity contribution in [2.24, 2.45) is 5.92 Å². The molecule has 0 aliphatic heterocycles. The zero-order valence-electron chi connectivity index (χ0n) is 43.5. The van der Waals surface area contributed by atoms with E-state index in [1.165, 1.54) is 11.1 Å². The zero-order chi connectivity index (χ0) is 51.1. The number of rotatable bonds is 12. The van der Waals surface area contributed by atoms with Crippen LogP contribution < -0.4 is 0 Å². The molecule has 0 amide bonds. The average molecular weight is 1140 g/mol. The molecule has 5 heteroatoms. The third-order valence-electron chi connectivity index (χ3n) is 14.8. The molecule has 0 saturated heterocycles. The fourth-order valence-electron chi connectivity index (χ4n) is 10.8. The Balaban J connectivity index is 0.00000616. The summed E-state index contributed by atoms with van der Waals surface area (Å²) >= 11 is 0. The van der Waals surface area contributed by atoms with Gasteiger partial charge in [0.15, 0.2) is 0 Å². The molecule has 2 aromatic heterocycles. The van der Waals surface area contributed by atoms with Gasteiger partial charge in [0.05, 0.1) is 22.3 Å². The van der Waals surface area contributed by atoms with Crippen molar-refractivity contribution in [1.82, 2.24) is 14.5 Å². The molecule has 0 spiro atoms. The van der Waals surface area contributed by atoms with Crippen LogP contribution in [0.5, 0.6) is 5.75 Å². The number of para-hydroxylation sites is 2. The molecule has 9 aromatic carbocycles. The van der Waals surface area contributed by atoms with E-state index in [-0.39, 0.29) is 38.1 Å². The first-order chi connectivity index (χ1) is 36.6. The van der Waals surface area contributed by atoms with Gasteiger partial charge in [0.1, 0.15) is 11.6 Å². The number of fused-ring (bicyclic) bond motifs is 1. The van der Waals surface area contributed by atoms with Gasteiger partial charge in [-0.25, -0.2) is 4.98 Å². The Morgan fingerprint density at radius 1 is 0.541 bits per heavy atom. The van der Waals surface area contributed by atoms with Crippen molar-refractivity contribution < 1.29 is 28.9 Å². The largest absolute Gasteiger partial charge is 0.507 e. The van der Waals surface area contributed by atoms with E-state index in [1.807, 2.05) is 91.1 Å². The van der Waals surface area contributed by atoms with Crippen molar-refractivity contribution in [3.8, 4) is 89.7 Å². The minimum Gasteiger partial charge on any atom is -0.507 e. The Kier molecular flexibility index (Phi) is 13.0. The maximum Gasteiger partial charge on any atom is 0.148 e.